The molecular formula is C22H22N4O4S. The highest BCUT2D eigenvalue weighted by Gasteiger charge is 2.18. The fourth-order valence-electron chi connectivity index (χ4n) is 3.16. The van der Waals surface area contributed by atoms with Crippen molar-refractivity contribution < 1.29 is 19.0 Å². The van der Waals surface area contributed by atoms with Crippen LogP contribution < -0.4 is 24.3 Å². The number of hydrogen-bond acceptors (Lipinski definition) is 7. The summed E-state index contributed by atoms with van der Waals surface area (Å²) in [4.78, 5) is 17.0. The third kappa shape index (κ3) is 4.31. The fourth-order valence-corrected chi connectivity index (χ4v) is 4.06. The van der Waals surface area contributed by atoms with Crippen LogP contribution in [0.2, 0.25) is 0 Å². The second kappa shape index (κ2) is 9.05. The van der Waals surface area contributed by atoms with Crippen LogP contribution in [0, 0.1) is 0 Å². The molecule has 8 nitrogen and oxygen atoms in total. The molecule has 1 aliphatic rings. The third-order valence-corrected chi connectivity index (χ3v) is 5.49. The Morgan fingerprint density at radius 2 is 2.10 bits per heavy atom. The van der Waals surface area contributed by atoms with Crippen molar-refractivity contribution in [3.05, 3.63) is 52.1 Å². The Labute approximate surface area is 183 Å². The van der Waals surface area contributed by atoms with Gasteiger partial charge in [0, 0.05) is 23.1 Å². The molecule has 1 amide bonds. The van der Waals surface area contributed by atoms with Crippen molar-refractivity contribution in [3.8, 4) is 28.5 Å². The average molecular weight is 439 g/mol. The zero-order valence-corrected chi connectivity index (χ0v) is 18.2. The summed E-state index contributed by atoms with van der Waals surface area (Å²) >= 11 is 1.49. The zero-order chi connectivity index (χ0) is 21.8. The van der Waals surface area contributed by atoms with Crippen LogP contribution in [0.3, 0.4) is 0 Å². The van der Waals surface area contributed by atoms with E-state index in [1.54, 1.807) is 25.1 Å². The molecule has 0 bridgehead atoms. The standard InChI is InChI=1S/C22H22N4O4S/c1-4-23-22-26(24-11-15-9-16(28-2)6-8-19(15)29-3)18(13-31-22)14-5-7-20-17(10-14)25-21(27)12-30-20/h5-11,13H,4,12H2,1-3H3,(H,25,27). The number of amides is 1. The normalized spacial score (nSPS) is 13.6. The van der Waals surface area contributed by atoms with E-state index in [0.29, 0.717) is 29.5 Å². The lowest BCUT2D eigenvalue weighted by Crippen LogP contribution is -2.25. The van der Waals surface area contributed by atoms with Gasteiger partial charge in [-0.3, -0.25) is 9.79 Å². The average Bonchev–Trinajstić information content (AvgIpc) is 3.19. The Morgan fingerprint density at radius 1 is 1.23 bits per heavy atom. The quantitative estimate of drug-likeness (QED) is 0.598. The van der Waals surface area contributed by atoms with Gasteiger partial charge in [-0.1, -0.05) is 0 Å². The van der Waals surface area contributed by atoms with Gasteiger partial charge in [0.2, 0.25) is 4.80 Å². The Bertz CT molecular complexity index is 1210. The van der Waals surface area contributed by atoms with Gasteiger partial charge in [-0.05, 0) is 43.3 Å². The predicted octanol–water partition coefficient (Wildman–Crippen LogP) is 3.37. The SMILES string of the molecule is CCN=c1scc(-c2ccc3c(c2)NC(=O)CO3)n1N=Cc1cc(OC)ccc1OC. The Balaban J connectivity index is 1.78. The molecule has 9 heteroatoms. The van der Waals surface area contributed by atoms with E-state index < -0.39 is 0 Å². The fraction of sp³-hybridized carbons (Fsp3) is 0.227. The first-order valence-corrected chi connectivity index (χ1v) is 10.6. The Hall–Kier alpha value is -3.59. The Morgan fingerprint density at radius 3 is 2.87 bits per heavy atom. The summed E-state index contributed by atoms with van der Waals surface area (Å²) in [6.45, 7) is 2.63. The van der Waals surface area contributed by atoms with Gasteiger partial charge in [-0.2, -0.15) is 5.10 Å². The highest BCUT2D eigenvalue weighted by molar-refractivity contribution is 7.07. The van der Waals surface area contributed by atoms with E-state index in [-0.39, 0.29) is 12.5 Å². The third-order valence-electron chi connectivity index (χ3n) is 4.64. The number of methoxy groups -OCH3 is 2. The second-order valence-corrected chi connectivity index (χ2v) is 7.43. The lowest BCUT2D eigenvalue weighted by molar-refractivity contribution is -0.118. The van der Waals surface area contributed by atoms with Crippen LogP contribution in [0.5, 0.6) is 17.2 Å². The minimum atomic E-state index is -0.173. The molecule has 4 rings (SSSR count). The van der Waals surface area contributed by atoms with Gasteiger partial charge in [0.1, 0.15) is 17.2 Å². The number of carbonyl (C=O) groups excluding carboxylic acids is 1. The van der Waals surface area contributed by atoms with Crippen LogP contribution in [-0.4, -0.2) is 44.2 Å². The number of carbonyl (C=O) groups is 1. The summed E-state index contributed by atoms with van der Waals surface area (Å²) in [6.07, 6.45) is 1.72. The lowest BCUT2D eigenvalue weighted by Gasteiger charge is -2.18. The molecule has 0 unspecified atom stereocenters. The number of hydrogen-bond donors (Lipinski definition) is 1. The molecule has 0 saturated heterocycles. The minimum Gasteiger partial charge on any atom is -0.497 e. The number of aromatic nitrogens is 1. The van der Waals surface area contributed by atoms with Crippen molar-refractivity contribution in [1.82, 2.24) is 4.68 Å². The van der Waals surface area contributed by atoms with E-state index in [0.717, 1.165) is 21.6 Å². The maximum atomic E-state index is 11.7. The van der Waals surface area contributed by atoms with Crippen molar-refractivity contribution >= 4 is 29.1 Å². The molecule has 0 radical (unpaired) electrons. The molecule has 2 aromatic carbocycles. The number of nitrogens with one attached hydrogen (secondary N) is 1. The number of thiazole rings is 1. The molecule has 0 aliphatic carbocycles. The molecule has 3 aromatic rings. The van der Waals surface area contributed by atoms with Crippen molar-refractivity contribution in [2.45, 2.75) is 6.92 Å². The van der Waals surface area contributed by atoms with Crippen molar-refractivity contribution in [1.29, 1.82) is 0 Å². The molecule has 1 N–H and O–H groups in total. The van der Waals surface area contributed by atoms with Crippen LogP contribution >= 0.6 is 11.3 Å². The van der Waals surface area contributed by atoms with Gasteiger partial charge in [0.15, 0.2) is 6.61 Å². The smallest absolute Gasteiger partial charge is 0.262 e. The minimum absolute atomic E-state index is 0.0248. The van der Waals surface area contributed by atoms with Gasteiger partial charge in [0.25, 0.3) is 5.91 Å². The van der Waals surface area contributed by atoms with Gasteiger partial charge < -0.3 is 19.5 Å². The lowest BCUT2D eigenvalue weighted by atomic mass is 10.1. The van der Waals surface area contributed by atoms with Crippen LogP contribution in [0.1, 0.15) is 12.5 Å². The highest BCUT2D eigenvalue weighted by atomic mass is 32.1. The molecule has 0 saturated carbocycles. The summed E-state index contributed by atoms with van der Waals surface area (Å²) < 4.78 is 18.0. The molecule has 0 spiro atoms. The van der Waals surface area contributed by atoms with Crippen LogP contribution in [-0.2, 0) is 4.79 Å². The summed E-state index contributed by atoms with van der Waals surface area (Å²) in [5, 5.41) is 9.53. The van der Waals surface area contributed by atoms with Gasteiger partial charge in [0.05, 0.1) is 31.8 Å². The van der Waals surface area contributed by atoms with Gasteiger partial charge in [-0.15, -0.1) is 11.3 Å². The molecule has 0 fully saturated rings. The second-order valence-electron chi connectivity index (χ2n) is 6.59. The van der Waals surface area contributed by atoms with E-state index >= 15 is 0 Å². The number of fused-ring (bicyclic) bond motifs is 1. The van der Waals surface area contributed by atoms with E-state index in [1.165, 1.54) is 11.3 Å². The van der Waals surface area contributed by atoms with E-state index in [2.05, 4.69) is 10.3 Å². The molecule has 31 heavy (non-hydrogen) atoms. The molecular weight excluding hydrogens is 416 g/mol. The van der Waals surface area contributed by atoms with Crippen molar-refractivity contribution in [3.63, 3.8) is 0 Å². The van der Waals surface area contributed by atoms with Crippen molar-refractivity contribution in [2.75, 3.05) is 32.7 Å². The van der Waals surface area contributed by atoms with Gasteiger partial charge in [-0.25, -0.2) is 4.68 Å². The number of anilines is 1. The molecule has 0 atom stereocenters. The first kappa shape index (κ1) is 20.7. The van der Waals surface area contributed by atoms with E-state index in [9.17, 15) is 4.79 Å². The monoisotopic (exact) mass is 438 g/mol. The summed E-state index contributed by atoms with van der Waals surface area (Å²) in [5.41, 5.74) is 3.14. The summed E-state index contributed by atoms with van der Waals surface area (Å²) in [7, 11) is 3.23. The van der Waals surface area contributed by atoms with E-state index in [4.69, 9.17) is 19.3 Å². The zero-order valence-electron chi connectivity index (χ0n) is 17.4. The number of benzene rings is 2. The van der Waals surface area contributed by atoms with Crippen LogP contribution in [0.4, 0.5) is 5.69 Å². The Kier molecular flexibility index (Phi) is 6.03. The van der Waals surface area contributed by atoms with Crippen LogP contribution in [0.15, 0.2) is 51.9 Å². The topological polar surface area (TPSA) is 86.4 Å². The van der Waals surface area contributed by atoms with E-state index in [1.807, 2.05) is 48.7 Å². The molecule has 2 heterocycles. The predicted molar refractivity (Wildman–Crippen MR) is 121 cm³/mol. The first-order chi connectivity index (χ1) is 15.1. The van der Waals surface area contributed by atoms with Crippen molar-refractivity contribution in [2.24, 2.45) is 10.1 Å². The maximum absolute atomic E-state index is 11.7. The maximum Gasteiger partial charge on any atom is 0.262 e. The highest BCUT2D eigenvalue weighted by Crippen LogP contribution is 2.33. The number of rotatable bonds is 6. The largest absolute Gasteiger partial charge is 0.497 e. The molecule has 160 valence electrons. The molecule has 1 aliphatic heterocycles. The molecule has 1 aromatic heterocycles. The number of ether oxygens (including phenoxy) is 3. The summed E-state index contributed by atoms with van der Waals surface area (Å²) in [5.74, 6) is 1.87. The first-order valence-electron chi connectivity index (χ1n) is 9.67. The number of nitrogens with zero attached hydrogens (tertiary/aromatic N) is 3. The summed E-state index contributed by atoms with van der Waals surface area (Å²) in [6, 6.07) is 11.2. The van der Waals surface area contributed by atoms with Crippen LogP contribution in [0.25, 0.3) is 11.3 Å². The van der Waals surface area contributed by atoms with Gasteiger partial charge >= 0.3 is 0 Å².